The molecule has 0 unspecified atom stereocenters. The van der Waals surface area contributed by atoms with Crippen molar-refractivity contribution in [2.45, 2.75) is 39.4 Å². The van der Waals surface area contributed by atoms with Crippen molar-refractivity contribution >= 4 is 16.6 Å². The molecule has 2 aromatic heterocycles. The van der Waals surface area contributed by atoms with Crippen LogP contribution in [0.4, 0.5) is 5.69 Å². The average Bonchev–Trinajstić information content (AvgIpc) is 3.28. The zero-order valence-electron chi connectivity index (χ0n) is 16.3. The van der Waals surface area contributed by atoms with Crippen LogP contribution >= 0.6 is 0 Å². The van der Waals surface area contributed by atoms with Crippen LogP contribution in [0.15, 0.2) is 28.8 Å². The predicted octanol–water partition coefficient (Wildman–Crippen LogP) is 2.92. The summed E-state index contributed by atoms with van der Waals surface area (Å²) < 4.78 is 7.45. The van der Waals surface area contributed by atoms with E-state index in [1.165, 1.54) is 16.6 Å². The topological polar surface area (TPSA) is 85.1 Å². The third-order valence-electron chi connectivity index (χ3n) is 5.58. The molecule has 2 atom stereocenters. The fourth-order valence-corrected chi connectivity index (χ4v) is 4.15. The number of piperidine rings is 1. The zero-order chi connectivity index (χ0) is 19.0. The molecule has 7 heteroatoms. The summed E-state index contributed by atoms with van der Waals surface area (Å²) in [5.41, 5.74) is 8.93. The Bertz CT molecular complexity index is 930. The monoisotopic (exact) mass is 368 g/mol. The van der Waals surface area contributed by atoms with Crippen LogP contribution < -0.4 is 11.1 Å². The standard InChI is InChI=1S/C20H28N6O/c1-4-26-17-7-5-6-16(22-15-8-9-25(3)12-13(15)2)14(17)10-18(26)20-23-19(11-21)27-24-20/h5-7,10,13,15,22H,4,8-9,11-12,21H2,1-3H3/t13-,15+/m0/s1. The SMILES string of the molecule is CCn1c(-c2noc(CN)n2)cc2c(N[C@@H]3CCN(C)C[C@@H]3C)cccc21. The van der Waals surface area contributed by atoms with E-state index in [1.54, 1.807) is 0 Å². The highest BCUT2D eigenvalue weighted by Crippen LogP contribution is 2.33. The Kier molecular flexibility index (Phi) is 4.88. The van der Waals surface area contributed by atoms with E-state index < -0.39 is 0 Å². The highest BCUT2D eigenvalue weighted by molar-refractivity contribution is 5.96. The van der Waals surface area contributed by atoms with Gasteiger partial charge in [0.1, 0.15) is 0 Å². The van der Waals surface area contributed by atoms with E-state index in [0.29, 0.717) is 23.7 Å². The van der Waals surface area contributed by atoms with Crippen LogP contribution in [0.3, 0.4) is 0 Å². The summed E-state index contributed by atoms with van der Waals surface area (Å²) in [5.74, 6) is 1.65. The molecule has 1 aliphatic heterocycles. The van der Waals surface area contributed by atoms with Gasteiger partial charge >= 0.3 is 0 Å². The fraction of sp³-hybridized carbons (Fsp3) is 0.500. The Labute approximate surface area is 159 Å². The van der Waals surface area contributed by atoms with Gasteiger partial charge in [-0.1, -0.05) is 18.1 Å². The minimum Gasteiger partial charge on any atom is -0.381 e. The van der Waals surface area contributed by atoms with Crippen molar-refractivity contribution < 1.29 is 4.52 Å². The summed E-state index contributed by atoms with van der Waals surface area (Å²) in [6.45, 7) is 7.79. The third kappa shape index (κ3) is 3.33. The summed E-state index contributed by atoms with van der Waals surface area (Å²) in [5, 5.41) is 9.11. The van der Waals surface area contributed by atoms with Crippen molar-refractivity contribution in [1.82, 2.24) is 19.6 Å². The first-order valence-electron chi connectivity index (χ1n) is 9.71. The fourth-order valence-electron chi connectivity index (χ4n) is 4.15. The summed E-state index contributed by atoms with van der Waals surface area (Å²) in [4.78, 5) is 6.82. The van der Waals surface area contributed by atoms with Crippen molar-refractivity contribution in [1.29, 1.82) is 0 Å². The number of rotatable bonds is 5. The van der Waals surface area contributed by atoms with Gasteiger partial charge < -0.3 is 25.0 Å². The van der Waals surface area contributed by atoms with Crippen LogP contribution in [-0.2, 0) is 13.1 Å². The van der Waals surface area contributed by atoms with E-state index in [4.69, 9.17) is 10.3 Å². The van der Waals surface area contributed by atoms with Crippen LogP contribution in [-0.4, -0.2) is 45.8 Å². The van der Waals surface area contributed by atoms with Gasteiger partial charge in [0.25, 0.3) is 0 Å². The number of hydrogen-bond donors (Lipinski definition) is 2. The van der Waals surface area contributed by atoms with E-state index in [-0.39, 0.29) is 6.54 Å². The van der Waals surface area contributed by atoms with Gasteiger partial charge in [0, 0.05) is 30.2 Å². The second kappa shape index (κ2) is 7.32. The summed E-state index contributed by atoms with van der Waals surface area (Å²) in [6.07, 6.45) is 1.15. The van der Waals surface area contributed by atoms with Crippen molar-refractivity contribution in [3.05, 3.63) is 30.2 Å². The number of nitrogens with two attached hydrogens (primary N) is 1. The average molecular weight is 368 g/mol. The van der Waals surface area contributed by atoms with Gasteiger partial charge in [-0.05, 0) is 51.1 Å². The van der Waals surface area contributed by atoms with Crippen molar-refractivity contribution in [2.24, 2.45) is 11.7 Å². The number of likely N-dealkylation sites (tertiary alicyclic amines) is 1. The second-order valence-electron chi connectivity index (χ2n) is 7.51. The van der Waals surface area contributed by atoms with Crippen LogP contribution in [0.25, 0.3) is 22.4 Å². The first-order chi connectivity index (χ1) is 13.1. The van der Waals surface area contributed by atoms with Crippen LogP contribution in [0.1, 0.15) is 26.2 Å². The number of anilines is 1. The molecule has 1 aliphatic rings. The lowest BCUT2D eigenvalue weighted by molar-refractivity contribution is 0.206. The molecule has 0 radical (unpaired) electrons. The molecule has 27 heavy (non-hydrogen) atoms. The molecule has 7 nitrogen and oxygen atoms in total. The third-order valence-corrected chi connectivity index (χ3v) is 5.58. The van der Waals surface area contributed by atoms with Crippen molar-refractivity contribution in [2.75, 3.05) is 25.5 Å². The quantitative estimate of drug-likeness (QED) is 0.720. The Balaban J connectivity index is 1.72. The Morgan fingerprint density at radius 2 is 2.22 bits per heavy atom. The molecule has 3 heterocycles. The maximum atomic E-state index is 5.62. The van der Waals surface area contributed by atoms with Crippen LogP contribution in [0.5, 0.6) is 0 Å². The van der Waals surface area contributed by atoms with E-state index in [9.17, 15) is 0 Å². The summed E-state index contributed by atoms with van der Waals surface area (Å²) in [7, 11) is 2.20. The maximum Gasteiger partial charge on any atom is 0.240 e. The zero-order valence-corrected chi connectivity index (χ0v) is 16.3. The molecule has 4 rings (SSSR count). The Hall–Kier alpha value is -2.38. The van der Waals surface area contributed by atoms with Crippen molar-refractivity contribution in [3.8, 4) is 11.5 Å². The lowest BCUT2D eigenvalue weighted by atomic mass is 9.94. The van der Waals surface area contributed by atoms with Gasteiger partial charge in [0.15, 0.2) is 0 Å². The summed E-state index contributed by atoms with van der Waals surface area (Å²) >= 11 is 0. The van der Waals surface area contributed by atoms with Crippen LogP contribution in [0.2, 0.25) is 0 Å². The maximum absolute atomic E-state index is 5.62. The first kappa shape index (κ1) is 18.0. The van der Waals surface area contributed by atoms with E-state index in [2.05, 4.69) is 70.1 Å². The van der Waals surface area contributed by atoms with Gasteiger partial charge in [-0.15, -0.1) is 0 Å². The van der Waals surface area contributed by atoms with E-state index in [1.807, 2.05) is 0 Å². The van der Waals surface area contributed by atoms with Gasteiger partial charge in [0.05, 0.1) is 17.8 Å². The molecule has 0 bridgehead atoms. The molecule has 3 N–H and O–H groups in total. The number of aromatic nitrogens is 3. The second-order valence-corrected chi connectivity index (χ2v) is 7.51. The normalized spacial score (nSPS) is 21.0. The number of nitrogens with zero attached hydrogens (tertiary/aromatic N) is 4. The molecule has 144 valence electrons. The highest BCUT2D eigenvalue weighted by Gasteiger charge is 2.25. The minimum atomic E-state index is 0.250. The lowest BCUT2D eigenvalue weighted by Gasteiger charge is -2.36. The highest BCUT2D eigenvalue weighted by atomic mass is 16.5. The Morgan fingerprint density at radius 1 is 1.37 bits per heavy atom. The molecule has 0 spiro atoms. The molecule has 1 fully saturated rings. The van der Waals surface area contributed by atoms with Gasteiger partial charge in [0.2, 0.25) is 11.7 Å². The number of fused-ring (bicyclic) bond motifs is 1. The predicted molar refractivity (Wildman–Crippen MR) is 107 cm³/mol. The molecular weight excluding hydrogens is 340 g/mol. The molecular formula is C20H28N6O. The van der Waals surface area contributed by atoms with Gasteiger partial charge in [-0.25, -0.2) is 0 Å². The largest absolute Gasteiger partial charge is 0.381 e. The number of aryl methyl sites for hydroxylation is 1. The molecule has 0 aliphatic carbocycles. The van der Waals surface area contributed by atoms with Crippen molar-refractivity contribution in [3.63, 3.8) is 0 Å². The number of benzene rings is 1. The van der Waals surface area contributed by atoms with Gasteiger partial charge in [-0.2, -0.15) is 4.98 Å². The summed E-state index contributed by atoms with van der Waals surface area (Å²) in [6, 6.07) is 9.07. The minimum absolute atomic E-state index is 0.250. The van der Waals surface area contributed by atoms with Crippen LogP contribution in [0, 0.1) is 5.92 Å². The Morgan fingerprint density at radius 3 is 2.93 bits per heavy atom. The smallest absolute Gasteiger partial charge is 0.240 e. The molecule has 1 saturated heterocycles. The van der Waals surface area contributed by atoms with E-state index in [0.717, 1.165) is 31.7 Å². The molecule has 3 aromatic rings. The lowest BCUT2D eigenvalue weighted by Crippen LogP contribution is -2.43. The number of hydrogen-bond acceptors (Lipinski definition) is 6. The number of nitrogens with one attached hydrogen (secondary N) is 1. The molecule has 0 saturated carbocycles. The van der Waals surface area contributed by atoms with E-state index >= 15 is 0 Å². The molecule has 0 amide bonds. The first-order valence-corrected chi connectivity index (χ1v) is 9.71. The molecule has 1 aromatic carbocycles. The van der Waals surface area contributed by atoms with Gasteiger partial charge in [-0.3, -0.25) is 0 Å².